The average molecular weight is 360 g/mol. The molecule has 25 heavy (non-hydrogen) atoms. The van der Waals surface area contributed by atoms with Crippen LogP contribution < -0.4 is 15.4 Å². The van der Waals surface area contributed by atoms with Gasteiger partial charge in [-0.3, -0.25) is 0 Å². The number of likely N-dealkylation sites (tertiary alicyclic amines) is 1. The van der Waals surface area contributed by atoms with Crippen LogP contribution in [0.3, 0.4) is 0 Å². The van der Waals surface area contributed by atoms with E-state index in [0.29, 0.717) is 12.2 Å². The number of carbonyl (C=O) groups is 1. The number of nitrogens with zero attached hydrogens (tertiary/aromatic N) is 2. The van der Waals surface area contributed by atoms with Crippen LogP contribution in [0.2, 0.25) is 0 Å². The van der Waals surface area contributed by atoms with E-state index >= 15 is 0 Å². The average Bonchev–Trinajstić information content (AvgIpc) is 3.12. The molecular weight excluding hydrogens is 336 g/mol. The van der Waals surface area contributed by atoms with E-state index in [2.05, 4.69) is 27.6 Å². The fraction of sp³-hybridized carbons (Fsp3) is 0.444. The van der Waals surface area contributed by atoms with Gasteiger partial charge in [-0.1, -0.05) is 12.1 Å². The van der Waals surface area contributed by atoms with Crippen molar-refractivity contribution >= 4 is 23.1 Å². The number of hydrogen-bond donors (Lipinski definition) is 2. The minimum atomic E-state index is -0.227. The number of piperidine rings is 1. The summed E-state index contributed by atoms with van der Waals surface area (Å²) in [5.74, 6) is 0.728. The van der Waals surface area contributed by atoms with Crippen LogP contribution in [0.25, 0.3) is 0 Å². The number of hydrogen-bond acceptors (Lipinski definition) is 5. The molecule has 2 heterocycles. The number of anilines is 1. The van der Waals surface area contributed by atoms with Crippen molar-refractivity contribution in [1.82, 2.24) is 15.2 Å². The highest BCUT2D eigenvalue weighted by atomic mass is 32.1. The molecule has 3 rings (SSSR count). The Labute approximate surface area is 152 Å². The van der Waals surface area contributed by atoms with Gasteiger partial charge in [0.05, 0.1) is 16.9 Å². The second kappa shape index (κ2) is 8.82. The summed E-state index contributed by atoms with van der Waals surface area (Å²) >= 11 is 1.56. The summed E-state index contributed by atoms with van der Waals surface area (Å²) < 4.78 is 6.12. The number of nitrogens with one attached hydrogen (secondary N) is 2. The van der Waals surface area contributed by atoms with Crippen LogP contribution in [0.15, 0.2) is 35.2 Å². The summed E-state index contributed by atoms with van der Waals surface area (Å²) in [7, 11) is 2.13. The van der Waals surface area contributed by atoms with Gasteiger partial charge < -0.3 is 20.3 Å². The lowest BCUT2D eigenvalue weighted by Crippen LogP contribution is -2.36. The van der Waals surface area contributed by atoms with E-state index in [1.165, 1.54) is 0 Å². The van der Waals surface area contributed by atoms with E-state index in [4.69, 9.17) is 4.74 Å². The predicted octanol–water partition coefficient (Wildman–Crippen LogP) is 2.98. The Kier molecular flexibility index (Phi) is 6.25. The van der Waals surface area contributed by atoms with Gasteiger partial charge in [-0.05, 0) is 32.0 Å². The quantitative estimate of drug-likeness (QED) is 0.831. The zero-order valence-corrected chi connectivity index (χ0v) is 15.2. The van der Waals surface area contributed by atoms with Crippen molar-refractivity contribution < 1.29 is 9.53 Å². The van der Waals surface area contributed by atoms with Crippen molar-refractivity contribution in [1.29, 1.82) is 0 Å². The molecule has 134 valence electrons. The number of para-hydroxylation sites is 2. The molecule has 1 aromatic carbocycles. The normalized spacial score (nSPS) is 15.7. The summed E-state index contributed by atoms with van der Waals surface area (Å²) in [5, 5.41) is 7.73. The van der Waals surface area contributed by atoms with E-state index in [9.17, 15) is 4.79 Å². The molecule has 1 aliphatic heterocycles. The molecule has 2 N–H and O–H groups in total. The number of benzene rings is 1. The number of carbonyl (C=O) groups excluding carboxylic acids is 1. The molecule has 1 aromatic heterocycles. The zero-order valence-electron chi connectivity index (χ0n) is 14.4. The Morgan fingerprint density at radius 3 is 2.92 bits per heavy atom. The standard InChI is InChI=1S/C18H24N4O2S/c1-22-10-7-15(8-11-22)24-17-5-3-2-4-16(17)21-18(23)19-9-6-14-12-25-13-20-14/h2-5,12-13,15H,6-11H2,1H3,(H2,19,21,23). The molecule has 1 saturated heterocycles. The Morgan fingerprint density at radius 1 is 1.36 bits per heavy atom. The van der Waals surface area contributed by atoms with Gasteiger partial charge in [0.15, 0.2) is 0 Å². The molecule has 0 radical (unpaired) electrons. The second-order valence-electron chi connectivity index (χ2n) is 6.23. The molecule has 2 amide bonds. The van der Waals surface area contributed by atoms with Gasteiger partial charge in [0, 0.05) is 31.4 Å². The monoisotopic (exact) mass is 360 g/mol. The number of aromatic nitrogens is 1. The largest absolute Gasteiger partial charge is 0.488 e. The predicted molar refractivity (Wildman–Crippen MR) is 100 cm³/mol. The van der Waals surface area contributed by atoms with Crippen molar-refractivity contribution in [2.75, 3.05) is 32.0 Å². The van der Waals surface area contributed by atoms with E-state index in [1.54, 1.807) is 16.8 Å². The maximum absolute atomic E-state index is 12.1. The van der Waals surface area contributed by atoms with Crippen LogP contribution in [0.1, 0.15) is 18.5 Å². The Hall–Kier alpha value is -2.12. The van der Waals surface area contributed by atoms with E-state index < -0.39 is 0 Å². The lowest BCUT2D eigenvalue weighted by Gasteiger charge is -2.29. The van der Waals surface area contributed by atoms with Gasteiger partial charge >= 0.3 is 6.03 Å². The van der Waals surface area contributed by atoms with Crippen LogP contribution in [-0.2, 0) is 6.42 Å². The van der Waals surface area contributed by atoms with Crippen LogP contribution in [-0.4, -0.2) is 48.7 Å². The fourth-order valence-corrected chi connectivity index (χ4v) is 3.38. The van der Waals surface area contributed by atoms with Gasteiger partial charge in [-0.25, -0.2) is 9.78 Å². The molecule has 0 unspecified atom stereocenters. The first-order chi connectivity index (χ1) is 12.2. The van der Waals surface area contributed by atoms with Crippen molar-refractivity contribution in [2.45, 2.75) is 25.4 Å². The first-order valence-corrected chi connectivity index (χ1v) is 9.51. The molecular formula is C18H24N4O2S. The highest BCUT2D eigenvalue weighted by Crippen LogP contribution is 2.27. The smallest absolute Gasteiger partial charge is 0.319 e. The van der Waals surface area contributed by atoms with Crippen LogP contribution in [0.5, 0.6) is 5.75 Å². The highest BCUT2D eigenvalue weighted by Gasteiger charge is 2.19. The van der Waals surface area contributed by atoms with E-state index in [-0.39, 0.29) is 12.1 Å². The molecule has 1 aliphatic rings. The van der Waals surface area contributed by atoms with Gasteiger partial charge in [-0.15, -0.1) is 11.3 Å². The third kappa shape index (κ3) is 5.44. The van der Waals surface area contributed by atoms with Crippen molar-refractivity contribution in [3.63, 3.8) is 0 Å². The SMILES string of the molecule is CN1CCC(Oc2ccccc2NC(=O)NCCc2cscn2)CC1. The van der Waals surface area contributed by atoms with Crippen LogP contribution in [0, 0.1) is 0 Å². The topological polar surface area (TPSA) is 66.5 Å². The van der Waals surface area contributed by atoms with Crippen molar-refractivity contribution in [3.8, 4) is 5.75 Å². The van der Waals surface area contributed by atoms with Crippen LogP contribution in [0.4, 0.5) is 10.5 Å². The molecule has 6 nitrogen and oxygen atoms in total. The highest BCUT2D eigenvalue weighted by molar-refractivity contribution is 7.07. The zero-order chi connectivity index (χ0) is 17.5. The van der Waals surface area contributed by atoms with Gasteiger partial charge in [0.2, 0.25) is 0 Å². The minimum Gasteiger partial charge on any atom is -0.488 e. The number of ether oxygens (including phenoxy) is 1. The number of urea groups is 1. The van der Waals surface area contributed by atoms with Crippen LogP contribution >= 0.6 is 11.3 Å². The number of thiazole rings is 1. The second-order valence-corrected chi connectivity index (χ2v) is 6.95. The van der Waals surface area contributed by atoms with Gasteiger partial charge in [-0.2, -0.15) is 0 Å². The van der Waals surface area contributed by atoms with Crippen molar-refractivity contribution in [2.24, 2.45) is 0 Å². The third-order valence-electron chi connectivity index (χ3n) is 4.24. The summed E-state index contributed by atoms with van der Waals surface area (Å²) in [6.45, 7) is 2.63. The molecule has 0 aliphatic carbocycles. The summed E-state index contributed by atoms with van der Waals surface area (Å²) in [6, 6.07) is 7.37. The molecule has 2 aromatic rings. The number of amides is 2. The van der Waals surface area contributed by atoms with Crippen molar-refractivity contribution in [3.05, 3.63) is 40.8 Å². The summed E-state index contributed by atoms with van der Waals surface area (Å²) in [4.78, 5) is 18.6. The maximum Gasteiger partial charge on any atom is 0.319 e. The van der Waals surface area contributed by atoms with E-state index in [1.807, 2.05) is 29.6 Å². The molecule has 1 fully saturated rings. The van der Waals surface area contributed by atoms with Gasteiger partial charge in [0.1, 0.15) is 11.9 Å². The first-order valence-electron chi connectivity index (χ1n) is 8.57. The number of rotatable bonds is 6. The fourth-order valence-electron chi connectivity index (χ4n) is 2.79. The summed E-state index contributed by atoms with van der Waals surface area (Å²) in [5.41, 5.74) is 3.50. The maximum atomic E-state index is 12.1. The third-order valence-corrected chi connectivity index (χ3v) is 4.88. The lowest BCUT2D eigenvalue weighted by atomic mass is 10.1. The minimum absolute atomic E-state index is 0.201. The first kappa shape index (κ1) is 17.7. The lowest BCUT2D eigenvalue weighted by molar-refractivity contribution is 0.115. The molecule has 7 heteroatoms. The Balaban J connectivity index is 1.50. The van der Waals surface area contributed by atoms with E-state index in [0.717, 1.165) is 43.8 Å². The molecule has 0 bridgehead atoms. The molecule has 0 atom stereocenters. The molecule has 0 spiro atoms. The Morgan fingerprint density at radius 2 is 2.16 bits per heavy atom. The summed E-state index contributed by atoms with van der Waals surface area (Å²) in [6.07, 6.45) is 2.94. The van der Waals surface area contributed by atoms with Gasteiger partial charge in [0.25, 0.3) is 0 Å². The molecule has 0 saturated carbocycles. The Bertz CT molecular complexity index is 669.